The zero-order valence-corrected chi connectivity index (χ0v) is 10.1. The maximum Gasteiger partial charge on any atom is 0.358 e. The maximum absolute atomic E-state index is 11.4. The number of esters is 1. The van der Waals surface area contributed by atoms with Crippen LogP contribution < -0.4 is 0 Å². The van der Waals surface area contributed by atoms with Gasteiger partial charge in [0, 0.05) is 5.69 Å². The van der Waals surface area contributed by atoms with Gasteiger partial charge < -0.3 is 4.74 Å². The normalized spacial score (nSPS) is 10.5. The number of ether oxygens (including phenoxy) is 1. The zero-order valence-electron chi connectivity index (χ0n) is 9.30. The van der Waals surface area contributed by atoms with Crippen molar-refractivity contribution in [2.45, 2.75) is 26.7 Å². The van der Waals surface area contributed by atoms with Crippen molar-refractivity contribution in [2.24, 2.45) is 0 Å². The molecule has 0 atom stereocenters. The Labute approximate surface area is 94.4 Å². The summed E-state index contributed by atoms with van der Waals surface area (Å²) in [6, 6.07) is 1.75. The molecule has 1 heterocycles. The Morgan fingerprint density at radius 2 is 2.13 bits per heavy atom. The number of aryl methyl sites for hydroxylation is 1. The third-order valence-corrected chi connectivity index (χ3v) is 2.42. The highest BCUT2D eigenvalue weighted by Crippen LogP contribution is 2.23. The van der Waals surface area contributed by atoms with E-state index in [1.54, 1.807) is 6.07 Å². The van der Waals surface area contributed by atoms with Gasteiger partial charge in [0.15, 0.2) is 5.69 Å². The summed E-state index contributed by atoms with van der Waals surface area (Å²) in [5.41, 5.74) is 2.05. The monoisotopic (exact) mass is 227 g/mol. The third-order valence-electron chi connectivity index (χ3n) is 2.13. The predicted molar refractivity (Wildman–Crippen MR) is 59.4 cm³/mol. The molecule has 4 heteroatoms. The molecule has 0 amide bonds. The van der Waals surface area contributed by atoms with Crippen LogP contribution in [0.1, 0.15) is 41.5 Å². The molecule has 0 bridgehead atoms. The summed E-state index contributed by atoms with van der Waals surface area (Å²) >= 11 is 5.92. The highest BCUT2D eigenvalue weighted by Gasteiger charge is 2.16. The third kappa shape index (κ3) is 2.48. The Bertz CT molecular complexity index is 388. The highest BCUT2D eigenvalue weighted by atomic mass is 35.5. The van der Waals surface area contributed by atoms with Crippen LogP contribution in [-0.4, -0.2) is 18.1 Å². The standard InChI is InChI=1S/C11H14ClNO2/c1-6(2)9-7(3)5-8(12)10(13-9)11(14)15-4/h5-6H,1-4H3. The fourth-order valence-corrected chi connectivity index (χ4v) is 1.70. The minimum Gasteiger partial charge on any atom is -0.464 e. The van der Waals surface area contributed by atoms with Crippen LogP contribution >= 0.6 is 11.6 Å². The average molecular weight is 228 g/mol. The van der Waals surface area contributed by atoms with Gasteiger partial charge in [-0.3, -0.25) is 0 Å². The molecule has 0 aliphatic heterocycles. The van der Waals surface area contributed by atoms with Crippen LogP contribution in [0.2, 0.25) is 5.02 Å². The van der Waals surface area contributed by atoms with Crippen molar-refractivity contribution in [2.75, 3.05) is 7.11 Å². The second kappa shape index (κ2) is 4.62. The Balaban J connectivity index is 3.29. The van der Waals surface area contributed by atoms with Gasteiger partial charge in [-0.25, -0.2) is 9.78 Å². The molecule has 1 aromatic heterocycles. The second-order valence-electron chi connectivity index (χ2n) is 3.67. The number of methoxy groups -OCH3 is 1. The Morgan fingerprint density at radius 1 is 1.53 bits per heavy atom. The number of rotatable bonds is 2. The summed E-state index contributed by atoms with van der Waals surface area (Å²) in [5, 5.41) is 0.337. The first-order valence-electron chi connectivity index (χ1n) is 4.72. The van der Waals surface area contributed by atoms with E-state index in [-0.39, 0.29) is 11.6 Å². The SMILES string of the molecule is COC(=O)c1nc(C(C)C)c(C)cc1Cl. The van der Waals surface area contributed by atoms with E-state index < -0.39 is 5.97 Å². The lowest BCUT2D eigenvalue weighted by atomic mass is 10.0. The Kier molecular flexibility index (Phi) is 3.69. The van der Waals surface area contributed by atoms with E-state index in [0.717, 1.165) is 11.3 Å². The molecule has 1 rings (SSSR count). The van der Waals surface area contributed by atoms with E-state index in [9.17, 15) is 4.79 Å². The second-order valence-corrected chi connectivity index (χ2v) is 4.07. The molecule has 0 N–H and O–H groups in total. The molecule has 0 aliphatic rings. The van der Waals surface area contributed by atoms with E-state index in [1.165, 1.54) is 7.11 Å². The minimum atomic E-state index is -0.498. The van der Waals surface area contributed by atoms with Crippen molar-refractivity contribution in [3.63, 3.8) is 0 Å². The lowest BCUT2D eigenvalue weighted by Crippen LogP contribution is -2.09. The van der Waals surface area contributed by atoms with E-state index in [1.807, 2.05) is 20.8 Å². The Morgan fingerprint density at radius 3 is 2.60 bits per heavy atom. The lowest BCUT2D eigenvalue weighted by Gasteiger charge is -2.11. The number of aromatic nitrogens is 1. The number of carbonyl (C=O) groups is 1. The molecule has 0 aromatic carbocycles. The minimum absolute atomic E-state index is 0.188. The number of halogens is 1. The largest absolute Gasteiger partial charge is 0.464 e. The predicted octanol–water partition coefficient (Wildman–Crippen LogP) is 2.95. The van der Waals surface area contributed by atoms with Crippen LogP contribution in [0.4, 0.5) is 0 Å². The first-order chi connectivity index (χ1) is 6.97. The summed E-state index contributed by atoms with van der Waals surface area (Å²) < 4.78 is 4.61. The first kappa shape index (κ1) is 12.0. The van der Waals surface area contributed by atoms with Crippen molar-refractivity contribution >= 4 is 17.6 Å². The van der Waals surface area contributed by atoms with Crippen molar-refractivity contribution in [3.8, 4) is 0 Å². The lowest BCUT2D eigenvalue weighted by molar-refractivity contribution is 0.0594. The first-order valence-corrected chi connectivity index (χ1v) is 5.10. The molecule has 0 saturated heterocycles. The highest BCUT2D eigenvalue weighted by molar-refractivity contribution is 6.33. The molecule has 3 nitrogen and oxygen atoms in total. The van der Waals surface area contributed by atoms with E-state index in [0.29, 0.717) is 5.02 Å². The number of nitrogens with zero attached hydrogens (tertiary/aromatic N) is 1. The van der Waals surface area contributed by atoms with Gasteiger partial charge in [-0.1, -0.05) is 25.4 Å². The number of pyridine rings is 1. The van der Waals surface area contributed by atoms with Crippen molar-refractivity contribution in [1.29, 1.82) is 0 Å². The molecule has 15 heavy (non-hydrogen) atoms. The molecule has 0 spiro atoms. The van der Waals surface area contributed by atoms with Gasteiger partial charge in [0.05, 0.1) is 12.1 Å². The fourth-order valence-electron chi connectivity index (χ4n) is 1.42. The summed E-state index contributed by atoms with van der Waals surface area (Å²) in [6.45, 7) is 5.96. The van der Waals surface area contributed by atoms with Gasteiger partial charge in [0.2, 0.25) is 0 Å². The maximum atomic E-state index is 11.4. The van der Waals surface area contributed by atoms with Gasteiger partial charge in [-0.15, -0.1) is 0 Å². The van der Waals surface area contributed by atoms with Crippen molar-refractivity contribution in [3.05, 3.63) is 28.0 Å². The Hall–Kier alpha value is -1.09. The summed E-state index contributed by atoms with van der Waals surface area (Å²) in [7, 11) is 1.31. The van der Waals surface area contributed by atoms with Gasteiger partial charge in [-0.2, -0.15) is 0 Å². The molecule has 1 aromatic rings. The van der Waals surface area contributed by atoms with Gasteiger partial charge in [0.25, 0.3) is 0 Å². The van der Waals surface area contributed by atoms with Gasteiger partial charge in [0.1, 0.15) is 0 Å². The fraction of sp³-hybridized carbons (Fsp3) is 0.455. The summed E-state index contributed by atoms with van der Waals surface area (Å²) in [4.78, 5) is 15.6. The van der Waals surface area contributed by atoms with E-state index in [4.69, 9.17) is 11.6 Å². The number of hydrogen-bond acceptors (Lipinski definition) is 3. The smallest absolute Gasteiger partial charge is 0.358 e. The molecule has 0 unspecified atom stereocenters. The van der Waals surface area contributed by atoms with Crippen LogP contribution in [0.25, 0.3) is 0 Å². The van der Waals surface area contributed by atoms with Crippen LogP contribution in [0.5, 0.6) is 0 Å². The number of carbonyl (C=O) groups excluding carboxylic acids is 1. The topological polar surface area (TPSA) is 39.2 Å². The summed E-state index contributed by atoms with van der Waals surface area (Å²) in [5.74, 6) is -0.243. The average Bonchev–Trinajstić information content (AvgIpc) is 2.16. The van der Waals surface area contributed by atoms with E-state index in [2.05, 4.69) is 9.72 Å². The zero-order chi connectivity index (χ0) is 11.6. The van der Waals surface area contributed by atoms with Crippen LogP contribution in [0.3, 0.4) is 0 Å². The van der Waals surface area contributed by atoms with Crippen LogP contribution in [0, 0.1) is 6.92 Å². The molecule has 0 saturated carbocycles. The summed E-state index contributed by atoms with van der Waals surface area (Å²) in [6.07, 6.45) is 0. The molecule has 0 aliphatic carbocycles. The molecule has 0 fully saturated rings. The van der Waals surface area contributed by atoms with E-state index >= 15 is 0 Å². The van der Waals surface area contributed by atoms with Crippen LogP contribution in [0.15, 0.2) is 6.07 Å². The molecule has 0 radical (unpaired) electrons. The van der Waals surface area contributed by atoms with Crippen molar-refractivity contribution in [1.82, 2.24) is 4.98 Å². The van der Waals surface area contributed by atoms with Crippen molar-refractivity contribution < 1.29 is 9.53 Å². The van der Waals surface area contributed by atoms with Gasteiger partial charge >= 0.3 is 5.97 Å². The molecular formula is C11H14ClNO2. The van der Waals surface area contributed by atoms with Gasteiger partial charge in [-0.05, 0) is 24.5 Å². The molecular weight excluding hydrogens is 214 g/mol. The number of hydrogen-bond donors (Lipinski definition) is 0. The molecule has 82 valence electrons. The quantitative estimate of drug-likeness (QED) is 0.730. The van der Waals surface area contributed by atoms with Crippen LogP contribution in [-0.2, 0) is 4.74 Å².